The van der Waals surface area contributed by atoms with Gasteiger partial charge >= 0.3 is 5.97 Å². The van der Waals surface area contributed by atoms with E-state index in [1.165, 1.54) is 0 Å². The number of allylic oxidation sites excluding steroid dienone is 1. The maximum Gasteiger partial charge on any atom is 0.331 e. The lowest BCUT2D eigenvalue weighted by atomic mass is 9.93. The summed E-state index contributed by atoms with van der Waals surface area (Å²) in [5, 5.41) is 11.9. The third-order valence-corrected chi connectivity index (χ3v) is 3.73. The minimum Gasteiger partial charge on any atom is -0.479 e. The molecule has 2 atom stereocenters. The normalized spacial score (nSPS) is 22.5. The van der Waals surface area contributed by atoms with Crippen LogP contribution in [0.5, 0.6) is 0 Å². The van der Waals surface area contributed by atoms with Gasteiger partial charge in [0.25, 0.3) is 0 Å². The van der Waals surface area contributed by atoms with Gasteiger partial charge in [-0.25, -0.2) is 4.79 Å². The first-order valence-corrected chi connectivity index (χ1v) is 6.87. The van der Waals surface area contributed by atoms with Crippen molar-refractivity contribution in [3.05, 3.63) is 48.6 Å². The Morgan fingerprint density at radius 1 is 1.43 bits per heavy atom. The zero-order valence-electron chi connectivity index (χ0n) is 11.7. The summed E-state index contributed by atoms with van der Waals surface area (Å²) < 4.78 is 5.12. The molecule has 1 amide bonds. The molecule has 0 saturated carbocycles. The Kier molecular flexibility index (Phi) is 4.75. The fourth-order valence-corrected chi connectivity index (χ4v) is 2.44. The average molecular weight is 289 g/mol. The van der Waals surface area contributed by atoms with Crippen molar-refractivity contribution < 1.29 is 19.4 Å². The number of carboxylic acid groups (broad SMARTS) is 1. The van der Waals surface area contributed by atoms with Gasteiger partial charge in [0.05, 0.1) is 6.61 Å². The first kappa shape index (κ1) is 15.3. The standard InChI is InChI=1S/C16H19NO4/c1-2-12(13-6-4-3-5-7-13)10-14(18)17-16(15(19)20)8-9-21-11-16/h2-7,12H,1,8-11H2,(H,17,18)(H,19,20). The molecule has 1 aliphatic heterocycles. The molecule has 0 bridgehead atoms. The van der Waals surface area contributed by atoms with Gasteiger partial charge in [0.2, 0.25) is 5.91 Å². The number of carbonyl (C=O) groups excluding carboxylic acids is 1. The lowest BCUT2D eigenvalue weighted by molar-refractivity contribution is -0.147. The number of amides is 1. The summed E-state index contributed by atoms with van der Waals surface area (Å²) >= 11 is 0. The number of benzene rings is 1. The molecule has 2 unspecified atom stereocenters. The maximum absolute atomic E-state index is 12.2. The van der Waals surface area contributed by atoms with Crippen molar-refractivity contribution >= 4 is 11.9 Å². The van der Waals surface area contributed by atoms with E-state index in [0.717, 1.165) is 5.56 Å². The molecule has 1 aliphatic rings. The summed E-state index contributed by atoms with van der Waals surface area (Å²) in [4.78, 5) is 23.5. The molecule has 21 heavy (non-hydrogen) atoms. The number of hydrogen-bond acceptors (Lipinski definition) is 3. The number of carbonyl (C=O) groups is 2. The number of carboxylic acids is 1. The van der Waals surface area contributed by atoms with Crippen LogP contribution < -0.4 is 5.32 Å². The van der Waals surface area contributed by atoms with Crippen LogP contribution in [0.2, 0.25) is 0 Å². The Balaban J connectivity index is 2.03. The third-order valence-electron chi connectivity index (χ3n) is 3.73. The quantitative estimate of drug-likeness (QED) is 0.782. The smallest absolute Gasteiger partial charge is 0.331 e. The lowest BCUT2D eigenvalue weighted by Crippen LogP contribution is -2.55. The number of hydrogen-bond donors (Lipinski definition) is 2. The van der Waals surface area contributed by atoms with Crippen LogP contribution in [0.15, 0.2) is 43.0 Å². The molecule has 1 aromatic rings. The molecule has 1 aromatic carbocycles. The second-order valence-electron chi connectivity index (χ2n) is 5.20. The van der Waals surface area contributed by atoms with Gasteiger partial charge in [-0.1, -0.05) is 36.4 Å². The number of aliphatic carboxylic acids is 1. The first-order chi connectivity index (χ1) is 10.1. The topological polar surface area (TPSA) is 75.6 Å². The highest BCUT2D eigenvalue weighted by Gasteiger charge is 2.43. The van der Waals surface area contributed by atoms with E-state index in [1.807, 2.05) is 30.3 Å². The molecule has 0 aliphatic carbocycles. The molecule has 1 heterocycles. The highest BCUT2D eigenvalue weighted by Crippen LogP contribution is 2.23. The van der Waals surface area contributed by atoms with E-state index in [4.69, 9.17) is 4.74 Å². The van der Waals surface area contributed by atoms with Crippen LogP contribution in [0.25, 0.3) is 0 Å². The number of nitrogens with one attached hydrogen (secondary N) is 1. The zero-order chi connectivity index (χ0) is 15.3. The van der Waals surface area contributed by atoms with Crippen LogP contribution in [0.3, 0.4) is 0 Å². The highest BCUT2D eigenvalue weighted by molar-refractivity contribution is 5.87. The second kappa shape index (κ2) is 6.54. The van der Waals surface area contributed by atoms with E-state index in [9.17, 15) is 14.7 Å². The maximum atomic E-state index is 12.2. The molecule has 1 saturated heterocycles. The Morgan fingerprint density at radius 2 is 2.14 bits per heavy atom. The molecule has 0 radical (unpaired) electrons. The summed E-state index contributed by atoms with van der Waals surface area (Å²) in [6, 6.07) is 9.54. The van der Waals surface area contributed by atoms with Gasteiger partial charge in [-0.2, -0.15) is 0 Å². The van der Waals surface area contributed by atoms with E-state index in [2.05, 4.69) is 11.9 Å². The Morgan fingerprint density at radius 3 is 2.67 bits per heavy atom. The first-order valence-electron chi connectivity index (χ1n) is 6.87. The molecular weight excluding hydrogens is 270 g/mol. The van der Waals surface area contributed by atoms with Gasteiger partial charge in [-0.3, -0.25) is 4.79 Å². The predicted molar refractivity (Wildman–Crippen MR) is 77.9 cm³/mol. The van der Waals surface area contributed by atoms with Crippen molar-refractivity contribution in [3.63, 3.8) is 0 Å². The Hall–Kier alpha value is -2.14. The van der Waals surface area contributed by atoms with E-state index in [0.29, 0.717) is 6.61 Å². The molecule has 2 rings (SSSR count). The van der Waals surface area contributed by atoms with Crippen LogP contribution in [0.4, 0.5) is 0 Å². The van der Waals surface area contributed by atoms with E-state index in [-0.39, 0.29) is 31.3 Å². The molecular formula is C16H19NO4. The van der Waals surface area contributed by atoms with Crippen molar-refractivity contribution in [2.75, 3.05) is 13.2 Å². The minimum absolute atomic E-state index is 0.0121. The van der Waals surface area contributed by atoms with Crippen molar-refractivity contribution in [2.45, 2.75) is 24.3 Å². The van der Waals surface area contributed by atoms with Gasteiger partial charge in [-0.15, -0.1) is 6.58 Å². The second-order valence-corrected chi connectivity index (χ2v) is 5.20. The van der Waals surface area contributed by atoms with Crippen molar-refractivity contribution in [1.29, 1.82) is 0 Å². The molecule has 0 aromatic heterocycles. The Labute approximate surface area is 123 Å². The molecule has 112 valence electrons. The zero-order valence-corrected chi connectivity index (χ0v) is 11.7. The van der Waals surface area contributed by atoms with E-state index >= 15 is 0 Å². The van der Waals surface area contributed by atoms with Crippen LogP contribution in [-0.2, 0) is 14.3 Å². The van der Waals surface area contributed by atoms with Crippen molar-refractivity contribution in [3.8, 4) is 0 Å². The number of rotatable bonds is 6. The number of ether oxygens (including phenoxy) is 1. The van der Waals surface area contributed by atoms with Gasteiger partial charge in [0, 0.05) is 25.4 Å². The minimum atomic E-state index is -1.29. The molecule has 2 N–H and O–H groups in total. The fraction of sp³-hybridized carbons (Fsp3) is 0.375. The Bertz CT molecular complexity index is 520. The molecule has 5 heteroatoms. The van der Waals surface area contributed by atoms with Gasteiger partial charge in [0.1, 0.15) is 0 Å². The van der Waals surface area contributed by atoms with Crippen LogP contribution in [0, 0.1) is 0 Å². The highest BCUT2D eigenvalue weighted by atomic mass is 16.5. The van der Waals surface area contributed by atoms with Crippen LogP contribution >= 0.6 is 0 Å². The predicted octanol–water partition coefficient (Wildman–Crippen LogP) is 1.71. The molecule has 1 fully saturated rings. The third kappa shape index (κ3) is 3.49. The van der Waals surface area contributed by atoms with Crippen LogP contribution in [-0.4, -0.2) is 35.7 Å². The largest absolute Gasteiger partial charge is 0.479 e. The summed E-state index contributed by atoms with van der Waals surface area (Å²) in [6.07, 6.45) is 2.16. The SMILES string of the molecule is C=CC(CC(=O)NC1(C(=O)O)CCOC1)c1ccccc1. The fourth-order valence-electron chi connectivity index (χ4n) is 2.44. The van der Waals surface area contributed by atoms with Crippen molar-refractivity contribution in [1.82, 2.24) is 5.32 Å². The summed E-state index contributed by atoms with van der Waals surface area (Å²) in [5.74, 6) is -1.50. The lowest BCUT2D eigenvalue weighted by Gasteiger charge is -2.24. The molecule has 0 spiro atoms. The van der Waals surface area contributed by atoms with E-state index in [1.54, 1.807) is 6.08 Å². The van der Waals surface area contributed by atoms with Gasteiger partial charge in [-0.05, 0) is 5.56 Å². The van der Waals surface area contributed by atoms with E-state index < -0.39 is 11.5 Å². The monoisotopic (exact) mass is 289 g/mol. The summed E-state index contributed by atoms with van der Waals surface area (Å²) in [5.41, 5.74) is -0.311. The van der Waals surface area contributed by atoms with Gasteiger partial charge in [0.15, 0.2) is 5.54 Å². The average Bonchev–Trinajstić information content (AvgIpc) is 2.95. The van der Waals surface area contributed by atoms with Crippen LogP contribution in [0.1, 0.15) is 24.3 Å². The molecule has 5 nitrogen and oxygen atoms in total. The van der Waals surface area contributed by atoms with Gasteiger partial charge < -0.3 is 15.2 Å². The van der Waals surface area contributed by atoms with Crippen molar-refractivity contribution in [2.24, 2.45) is 0 Å². The summed E-state index contributed by atoms with van der Waals surface area (Å²) in [7, 11) is 0. The summed E-state index contributed by atoms with van der Waals surface area (Å²) in [6.45, 7) is 4.11.